The normalized spacial score (nSPS) is 16.7. The van der Waals surface area contributed by atoms with Crippen LogP contribution in [0.5, 0.6) is 5.75 Å². The van der Waals surface area contributed by atoms with Crippen LogP contribution in [-0.4, -0.2) is 93.5 Å². The van der Waals surface area contributed by atoms with Gasteiger partial charge in [0.05, 0.1) is 6.04 Å². The van der Waals surface area contributed by atoms with Gasteiger partial charge in [0.15, 0.2) is 12.7 Å². The van der Waals surface area contributed by atoms with Crippen molar-refractivity contribution < 1.29 is 29.0 Å². The lowest BCUT2D eigenvalue weighted by Crippen LogP contribution is -2.59. The molecule has 2 aromatic carbocycles. The van der Waals surface area contributed by atoms with Crippen LogP contribution in [-0.2, 0) is 25.6 Å². The number of hydrogen-bond acceptors (Lipinski definition) is 8. The molecule has 46 heavy (non-hydrogen) atoms. The lowest BCUT2D eigenvalue weighted by molar-refractivity contribution is -0.147. The van der Waals surface area contributed by atoms with Crippen LogP contribution in [0.4, 0.5) is 0 Å². The van der Waals surface area contributed by atoms with Crippen LogP contribution in [0, 0.1) is 0 Å². The average Bonchev–Trinajstić information content (AvgIpc) is 3.53. The van der Waals surface area contributed by atoms with Gasteiger partial charge in [-0.1, -0.05) is 42.5 Å². The molecular formula is C34H43N5O6S. The highest BCUT2D eigenvalue weighted by Crippen LogP contribution is 2.24. The topological polar surface area (TPSA) is 150 Å². The van der Waals surface area contributed by atoms with Gasteiger partial charge in [-0.2, -0.15) is 11.8 Å². The van der Waals surface area contributed by atoms with Crippen LogP contribution in [0.15, 0.2) is 67.0 Å². The summed E-state index contributed by atoms with van der Waals surface area (Å²) in [5.74, 6) is -1.18. The predicted octanol–water partition coefficient (Wildman–Crippen LogP) is 2.46. The summed E-state index contributed by atoms with van der Waals surface area (Å²) in [5.41, 5.74) is 0.317. The largest absolute Gasteiger partial charge is 0.483 e. The Morgan fingerprint density at radius 1 is 1.07 bits per heavy atom. The summed E-state index contributed by atoms with van der Waals surface area (Å²) in [6.45, 7) is 5.60. The highest BCUT2D eigenvalue weighted by molar-refractivity contribution is 7.98. The monoisotopic (exact) mass is 649 g/mol. The van der Waals surface area contributed by atoms with E-state index in [4.69, 9.17) is 4.74 Å². The smallest absolute Gasteiger partial charge is 0.258 e. The molecule has 0 aliphatic carbocycles. The molecule has 1 aliphatic heterocycles. The second kappa shape index (κ2) is 15.9. The van der Waals surface area contributed by atoms with Crippen molar-refractivity contribution in [3.8, 4) is 5.75 Å². The van der Waals surface area contributed by atoms with Gasteiger partial charge in [0.25, 0.3) is 11.8 Å². The number of likely N-dealkylation sites (tertiary alicyclic amines) is 1. The molecule has 11 nitrogen and oxygen atoms in total. The van der Waals surface area contributed by atoms with Crippen molar-refractivity contribution in [3.05, 3.63) is 72.6 Å². The van der Waals surface area contributed by atoms with Gasteiger partial charge >= 0.3 is 0 Å². The van der Waals surface area contributed by atoms with Gasteiger partial charge in [-0.15, -0.1) is 0 Å². The lowest BCUT2D eigenvalue weighted by Gasteiger charge is -2.32. The third-order valence-corrected chi connectivity index (χ3v) is 8.25. The Kier molecular flexibility index (Phi) is 12.0. The van der Waals surface area contributed by atoms with Crippen LogP contribution in [0.25, 0.3) is 10.8 Å². The summed E-state index contributed by atoms with van der Waals surface area (Å²) in [6, 6.07) is 13.8. The first-order valence-electron chi connectivity index (χ1n) is 15.4. The van der Waals surface area contributed by atoms with Crippen LogP contribution >= 0.6 is 11.8 Å². The molecule has 1 saturated heterocycles. The van der Waals surface area contributed by atoms with Crippen LogP contribution < -0.4 is 20.7 Å². The summed E-state index contributed by atoms with van der Waals surface area (Å²) in [7, 11) is 0. The SMILES string of the molecule is CSCC(NC(=O)COc1cccc2cnccc12)C(=O)NC(Cc1ccccc1)C(O)C(=O)N1CCCC1C(=O)NC(C)(C)C. The molecule has 3 aromatic rings. The van der Waals surface area contributed by atoms with Gasteiger partial charge < -0.3 is 30.7 Å². The zero-order chi connectivity index (χ0) is 33.3. The highest BCUT2D eigenvalue weighted by Gasteiger charge is 2.40. The summed E-state index contributed by atoms with van der Waals surface area (Å²) in [4.78, 5) is 58.7. The molecular weight excluding hydrogens is 606 g/mol. The summed E-state index contributed by atoms with van der Waals surface area (Å²) in [6.07, 6.45) is 4.79. The molecule has 4 rings (SSSR count). The maximum Gasteiger partial charge on any atom is 0.258 e. The Morgan fingerprint density at radius 2 is 1.83 bits per heavy atom. The first kappa shape index (κ1) is 34.7. The predicted molar refractivity (Wildman–Crippen MR) is 178 cm³/mol. The molecule has 1 aliphatic rings. The number of hydrogen-bond donors (Lipinski definition) is 4. The molecule has 4 atom stereocenters. The number of aliphatic hydroxyl groups is 1. The molecule has 0 saturated carbocycles. The number of nitrogens with zero attached hydrogens (tertiary/aromatic N) is 2. The van der Waals surface area contributed by atoms with E-state index in [1.54, 1.807) is 24.5 Å². The van der Waals surface area contributed by atoms with E-state index in [0.29, 0.717) is 25.1 Å². The molecule has 4 amide bonds. The highest BCUT2D eigenvalue weighted by atomic mass is 32.2. The molecule has 12 heteroatoms. The van der Waals surface area contributed by atoms with Gasteiger partial charge in [0.2, 0.25) is 11.8 Å². The number of aromatic nitrogens is 1. The number of rotatable bonds is 13. The van der Waals surface area contributed by atoms with Crippen molar-refractivity contribution in [1.82, 2.24) is 25.8 Å². The van der Waals surface area contributed by atoms with E-state index in [0.717, 1.165) is 16.3 Å². The average molecular weight is 650 g/mol. The zero-order valence-corrected chi connectivity index (χ0v) is 27.5. The number of ether oxygens (including phenoxy) is 1. The maximum absolute atomic E-state index is 13.7. The van der Waals surface area contributed by atoms with E-state index in [1.807, 2.05) is 69.5 Å². The van der Waals surface area contributed by atoms with Gasteiger partial charge in [-0.05, 0) is 64.0 Å². The number of thioether (sulfide) groups is 1. The number of benzene rings is 2. The van der Waals surface area contributed by atoms with Crippen molar-refractivity contribution in [2.24, 2.45) is 0 Å². The maximum atomic E-state index is 13.7. The van der Waals surface area contributed by atoms with Crippen LogP contribution in [0.3, 0.4) is 0 Å². The van der Waals surface area contributed by atoms with E-state index in [-0.39, 0.29) is 24.7 Å². The summed E-state index contributed by atoms with van der Waals surface area (Å²) in [5, 5.41) is 21.6. The second-order valence-corrected chi connectivity index (χ2v) is 13.3. The molecule has 1 aromatic heterocycles. The van der Waals surface area contributed by atoms with E-state index in [9.17, 15) is 24.3 Å². The van der Waals surface area contributed by atoms with E-state index < -0.39 is 47.5 Å². The molecule has 2 heterocycles. The number of carbonyl (C=O) groups excluding carboxylic acids is 4. The standard InChI is InChI=1S/C34H43N5O6S/c1-34(2,3)38-32(43)27-13-9-17-39(27)33(44)30(41)25(18-22-10-6-5-7-11-22)37-31(42)26(21-46-4)36-29(40)20-45-28-14-8-12-23-19-35-16-15-24(23)28/h5-8,10-12,14-16,19,25-27,30,41H,9,13,17-18,20-21H2,1-4H3,(H,36,40)(H,37,42)(H,38,43). The zero-order valence-electron chi connectivity index (χ0n) is 26.7. The third-order valence-electron chi connectivity index (χ3n) is 7.58. The summed E-state index contributed by atoms with van der Waals surface area (Å²) < 4.78 is 5.78. The minimum atomic E-state index is -1.62. The van der Waals surface area contributed by atoms with Crippen molar-refractivity contribution in [2.45, 2.75) is 69.8 Å². The van der Waals surface area contributed by atoms with Crippen LogP contribution in [0.2, 0.25) is 0 Å². The van der Waals surface area contributed by atoms with Crippen molar-refractivity contribution >= 4 is 46.2 Å². The molecule has 246 valence electrons. The van der Waals surface area contributed by atoms with Crippen molar-refractivity contribution in [2.75, 3.05) is 25.2 Å². The number of fused-ring (bicyclic) bond motifs is 1. The number of aliphatic hydroxyl groups excluding tert-OH is 1. The quantitative estimate of drug-likeness (QED) is 0.221. The number of amides is 4. The van der Waals surface area contributed by atoms with Gasteiger partial charge in [0.1, 0.15) is 17.8 Å². The molecule has 0 radical (unpaired) electrons. The Hall–Kier alpha value is -4.16. The van der Waals surface area contributed by atoms with Crippen molar-refractivity contribution in [1.29, 1.82) is 0 Å². The molecule has 4 N–H and O–H groups in total. The summed E-state index contributed by atoms with van der Waals surface area (Å²) >= 11 is 1.37. The van der Waals surface area contributed by atoms with Crippen molar-refractivity contribution in [3.63, 3.8) is 0 Å². The fraction of sp³-hybridized carbons (Fsp3) is 0.441. The first-order chi connectivity index (χ1) is 22.0. The first-order valence-corrected chi connectivity index (χ1v) is 16.7. The molecule has 0 spiro atoms. The lowest BCUT2D eigenvalue weighted by atomic mass is 9.99. The third kappa shape index (κ3) is 9.43. The molecule has 4 unspecified atom stereocenters. The Balaban J connectivity index is 1.46. The Bertz CT molecular complexity index is 1510. The number of pyridine rings is 1. The van der Waals surface area contributed by atoms with E-state index in [2.05, 4.69) is 20.9 Å². The number of nitrogens with one attached hydrogen (secondary N) is 3. The molecule has 0 bridgehead atoms. The van der Waals surface area contributed by atoms with E-state index >= 15 is 0 Å². The minimum Gasteiger partial charge on any atom is -0.483 e. The van der Waals surface area contributed by atoms with Gasteiger partial charge in [0, 0.05) is 41.0 Å². The fourth-order valence-corrected chi connectivity index (χ4v) is 6.01. The fourth-order valence-electron chi connectivity index (χ4n) is 5.44. The minimum absolute atomic E-state index is 0.158. The Morgan fingerprint density at radius 3 is 2.54 bits per heavy atom. The van der Waals surface area contributed by atoms with Crippen LogP contribution in [0.1, 0.15) is 39.2 Å². The Labute approximate surface area is 273 Å². The van der Waals surface area contributed by atoms with E-state index in [1.165, 1.54) is 16.7 Å². The number of carbonyl (C=O) groups is 4. The molecule has 1 fully saturated rings. The second-order valence-electron chi connectivity index (χ2n) is 12.4. The van der Waals surface area contributed by atoms with Gasteiger partial charge in [-0.3, -0.25) is 24.2 Å². The van der Waals surface area contributed by atoms with Gasteiger partial charge in [-0.25, -0.2) is 0 Å².